The fourth-order valence-electron chi connectivity index (χ4n) is 4.93. The van der Waals surface area contributed by atoms with E-state index in [-0.39, 0.29) is 11.8 Å². The zero-order chi connectivity index (χ0) is 29.1. The van der Waals surface area contributed by atoms with Gasteiger partial charge in [0.2, 0.25) is 0 Å². The minimum absolute atomic E-state index is 0.0884. The fourth-order valence-corrected chi connectivity index (χ4v) is 4.93. The monoisotopic (exact) mass is 550 g/mol. The summed E-state index contributed by atoms with van der Waals surface area (Å²) in [6.07, 6.45) is 0. The molecular weight excluding hydrogens is 512 g/mol. The summed E-state index contributed by atoms with van der Waals surface area (Å²) in [5.41, 5.74) is 7.20. The molecule has 0 saturated carbocycles. The third-order valence-electron chi connectivity index (χ3n) is 7.36. The Bertz CT molecular complexity index is 1700. The number of hydrogen-bond donors (Lipinski definition) is 4. The first-order valence-electron chi connectivity index (χ1n) is 13.9. The van der Waals surface area contributed by atoms with Crippen molar-refractivity contribution in [1.29, 1.82) is 0 Å². The first-order valence-corrected chi connectivity index (χ1v) is 13.9. The van der Waals surface area contributed by atoms with E-state index in [1.165, 1.54) is 4.79 Å². The first-order chi connectivity index (χ1) is 19.7. The number of aryl methyl sites for hydroxylation is 2. The number of anilines is 3. The molecule has 0 saturated heterocycles. The van der Waals surface area contributed by atoms with E-state index >= 15 is 0 Å². The predicted octanol–water partition coefficient (Wildman–Crippen LogP) is 4.48. The minimum Gasteiger partial charge on any atom is -0.384 e. The summed E-state index contributed by atoms with van der Waals surface area (Å²) in [6.45, 7) is 15.9. The average molecular weight is 551 g/mol. The summed E-state index contributed by atoms with van der Waals surface area (Å²) in [5, 5.41) is 25.2. The van der Waals surface area contributed by atoms with E-state index in [4.69, 9.17) is 15.9 Å². The van der Waals surface area contributed by atoms with Gasteiger partial charge in [-0.1, -0.05) is 56.8 Å². The number of benzene rings is 2. The van der Waals surface area contributed by atoms with Crippen LogP contribution in [0, 0.1) is 19.8 Å². The number of nitrogens with zero attached hydrogens (tertiary/aromatic N) is 6. The normalized spacial score (nSPS) is 13.6. The van der Waals surface area contributed by atoms with Gasteiger partial charge in [-0.25, -0.2) is 4.98 Å². The smallest absolute Gasteiger partial charge is 0.185 e. The van der Waals surface area contributed by atoms with Gasteiger partial charge < -0.3 is 21.8 Å². The van der Waals surface area contributed by atoms with Crippen molar-refractivity contribution in [2.75, 3.05) is 34.9 Å². The molecule has 0 fully saturated rings. The van der Waals surface area contributed by atoms with Gasteiger partial charge in [-0.15, -0.1) is 9.73 Å². The Morgan fingerprint density at radius 3 is 2.12 bits per heavy atom. The summed E-state index contributed by atoms with van der Waals surface area (Å²) >= 11 is 0. The van der Waals surface area contributed by atoms with Crippen LogP contribution >= 0.6 is 0 Å². The maximum atomic E-state index is 6.34. The van der Waals surface area contributed by atoms with Gasteiger partial charge in [0, 0.05) is 52.8 Å². The van der Waals surface area contributed by atoms with Crippen LogP contribution in [-0.2, 0) is 0 Å². The zero-order valence-electron chi connectivity index (χ0n) is 24.3. The lowest BCUT2D eigenvalue weighted by Gasteiger charge is -2.19. The Labute approximate surface area is 240 Å². The van der Waals surface area contributed by atoms with Crippen LogP contribution in [0.1, 0.15) is 49.5 Å². The Kier molecular flexibility index (Phi) is 7.91. The Morgan fingerprint density at radius 1 is 0.878 bits per heavy atom. The van der Waals surface area contributed by atoms with Crippen molar-refractivity contribution in [2.24, 2.45) is 5.92 Å². The third-order valence-corrected chi connectivity index (χ3v) is 7.36. The summed E-state index contributed by atoms with van der Waals surface area (Å²) in [4.78, 5) is 6.31. The molecule has 2 aromatic carbocycles. The van der Waals surface area contributed by atoms with E-state index in [0.29, 0.717) is 12.4 Å². The molecule has 10 nitrogen and oxygen atoms in total. The second-order valence-corrected chi connectivity index (χ2v) is 10.6. The molecule has 0 aliphatic rings. The van der Waals surface area contributed by atoms with Crippen molar-refractivity contribution in [3.05, 3.63) is 101 Å². The SMILES string of the molecule is C=C(Nc1c(/C(C)=c2/c(C)nn3nc(C(C)CNc4ccccc4)nc23)c(C)nn1N)C(C)CNc1ccccc1. The molecule has 0 aliphatic carbocycles. The zero-order valence-corrected chi connectivity index (χ0v) is 24.3. The number of para-hydroxylation sites is 2. The highest BCUT2D eigenvalue weighted by Crippen LogP contribution is 2.27. The molecule has 10 heteroatoms. The highest BCUT2D eigenvalue weighted by atomic mass is 15.5. The largest absolute Gasteiger partial charge is 0.384 e. The van der Waals surface area contributed by atoms with Crippen LogP contribution in [0.15, 0.2) is 72.9 Å². The maximum absolute atomic E-state index is 6.34. The molecule has 2 unspecified atom stereocenters. The number of fused-ring (bicyclic) bond motifs is 1. The molecule has 5 N–H and O–H groups in total. The second kappa shape index (κ2) is 11.7. The number of nitrogen functional groups attached to an aromatic ring is 1. The Balaban J connectivity index is 1.41. The third kappa shape index (κ3) is 5.86. The topological polar surface area (TPSA) is 123 Å². The van der Waals surface area contributed by atoms with Gasteiger partial charge in [-0.05, 0) is 50.6 Å². The number of rotatable bonds is 11. The highest BCUT2D eigenvalue weighted by Gasteiger charge is 2.22. The van der Waals surface area contributed by atoms with Crippen molar-refractivity contribution >= 4 is 28.4 Å². The van der Waals surface area contributed by atoms with Gasteiger partial charge in [0.25, 0.3) is 0 Å². The molecule has 0 radical (unpaired) electrons. The van der Waals surface area contributed by atoms with Crippen LogP contribution in [-0.4, -0.2) is 42.8 Å². The first kappa shape index (κ1) is 27.7. The lowest BCUT2D eigenvalue weighted by molar-refractivity contribution is 0.702. The standard InChI is InChI=1S/C31H38N10/c1-19(17-33-25-13-9-7-10-14-25)22(4)35-30-27(23(5)37-40(30)32)21(3)28-24(6)38-41-31(28)36-29(39-41)20(2)18-34-26-15-11-8-12-16-26/h7-16,19-20,33-35H,4,17-18,32H2,1-3,5-6H3/b28-21-. The fraction of sp³-hybridized carbons (Fsp3) is 0.290. The van der Waals surface area contributed by atoms with Crippen molar-refractivity contribution in [3.63, 3.8) is 0 Å². The molecule has 0 amide bonds. The van der Waals surface area contributed by atoms with Crippen molar-refractivity contribution in [2.45, 2.75) is 40.5 Å². The van der Waals surface area contributed by atoms with Gasteiger partial charge >= 0.3 is 0 Å². The number of nitrogens with one attached hydrogen (secondary N) is 3. The molecule has 0 aliphatic heterocycles. The van der Waals surface area contributed by atoms with Crippen LogP contribution in [0.4, 0.5) is 17.2 Å². The molecule has 41 heavy (non-hydrogen) atoms. The summed E-state index contributed by atoms with van der Waals surface area (Å²) in [6, 6.07) is 20.2. The molecule has 5 rings (SSSR count). The molecule has 0 spiro atoms. The molecule has 3 aromatic heterocycles. The van der Waals surface area contributed by atoms with E-state index in [0.717, 1.165) is 62.8 Å². The van der Waals surface area contributed by atoms with E-state index < -0.39 is 0 Å². The molecule has 0 bridgehead atoms. The number of hydrogen-bond acceptors (Lipinski definition) is 8. The lowest BCUT2D eigenvalue weighted by atomic mass is 10.0. The summed E-state index contributed by atoms with van der Waals surface area (Å²) < 4.78 is 1.63. The molecular formula is C31H38N10. The summed E-state index contributed by atoms with van der Waals surface area (Å²) in [5.74, 6) is 7.97. The minimum atomic E-state index is 0.0884. The Hall–Kier alpha value is -4.86. The summed E-state index contributed by atoms with van der Waals surface area (Å²) in [7, 11) is 0. The lowest BCUT2D eigenvalue weighted by Crippen LogP contribution is -2.21. The molecule has 3 heterocycles. The van der Waals surface area contributed by atoms with E-state index in [1.807, 2.05) is 74.5 Å². The van der Waals surface area contributed by atoms with Crippen molar-refractivity contribution in [3.8, 4) is 0 Å². The van der Waals surface area contributed by atoms with Gasteiger partial charge in [-0.2, -0.15) is 15.0 Å². The van der Waals surface area contributed by atoms with Gasteiger partial charge in [0.1, 0.15) is 0 Å². The quantitative estimate of drug-likeness (QED) is 0.178. The van der Waals surface area contributed by atoms with Crippen molar-refractivity contribution in [1.82, 2.24) is 29.7 Å². The maximum Gasteiger partial charge on any atom is 0.185 e. The molecule has 2 atom stereocenters. The molecule has 212 valence electrons. The average Bonchev–Trinajstić information content (AvgIpc) is 3.60. The van der Waals surface area contributed by atoms with E-state index in [2.05, 4.69) is 53.5 Å². The van der Waals surface area contributed by atoms with Crippen LogP contribution < -0.4 is 27.0 Å². The van der Waals surface area contributed by atoms with Crippen molar-refractivity contribution < 1.29 is 0 Å². The van der Waals surface area contributed by atoms with Gasteiger partial charge in [0.05, 0.1) is 11.4 Å². The van der Waals surface area contributed by atoms with Crippen LogP contribution in [0.2, 0.25) is 0 Å². The van der Waals surface area contributed by atoms with Gasteiger partial charge in [-0.3, -0.25) is 0 Å². The number of nitrogens with two attached hydrogens (primary N) is 1. The van der Waals surface area contributed by atoms with E-state index in [1.54, 1.807) is 4.63 Å². The molecule has 5 aromatic rings. The predicted molar refractivity (Wildman–Crippen MR) is 166 cm³/mol. The Morgan fingerprint density at radius 2 is 1.49 bits per heavy atom. The van der Waals surface area contributed by atoms with E-state index in [9.17, 15) is 0 Å². The highest BCUT2D eigenvalue weighted by molar-refractivity contribution is 5.78. The van der Waals surface area contributed by atoms with Crippen LogP contribution in [0.5, 0.6) is 0 Å². The second-order valence-electron chi connectivity index (χ2n) is 10.6. The van der Waals surface area contributed by atoms with Crippen LogP contribution in [0.25, 0.3) is 11.2 Å². The van der Waals surface area contributed by atoms with Crippen LogP contribution in [0.3, 0.4) is 0 Å². The number of aromatic nitrogens is 6. The van der Waals surface area contributed by atoms with Gasteiger partial charge in [0.15, 0.2) is 17.3 Å².